The molecule has 1 amide bonds. The van der Waals surface area contributed by atoms with Gasteiger partial charge in [0.05, 0.1) is 6.04 Å². The molecule has 1 unspecified atom stereocenters. The predicted molar refractivity (Wildman–Crippen MR) is 58.4 cm³/mol. The third-order valence-corrected chi connectivity index (χ3v) is 2.04. The first-order chi connectivity index (χ1) is 7.54. The van der Waals surface area contributed by atoms with Crippen LogP contribution in [-0.4, -0.2) is 28.1 Å². The first kappa shape index (κ1) is 11.8. The first-order valence-electron chi connectivity index (χ1n) is 4.62. The van der Waals surface area contributed by atoms with E-state index in [9.17, 15) is 4.79 Å². The SMILES string of the molecule is CC(NC(=O)c1ccc(O)cc1)/C(N)=N/O. The summed E-state index contributed by atoms with van der Waals surface area (Å²) in [4.78, 5) is 11.6. The lowest BCUT2D eigenvalue weighted by atomic mass is 10.2. The fraction of sp³-hybridized carbons (Fsp3) is 0.200. The largest absolute Gasteiger partial charge is 0.508 e. The van der Waals surface area contributed by atoms with E-state index in [4.69, 9.17) is 16.0 Å². The summed E-state index contributed by atoms with van der Waals surface area (Å²) >= 11 is 0. The van der Waals surface area contributed by atoms with Crippen LogP contribution in [0.25, 0.3) is 0 Å². The summed E-state index contributed by atoms with van der Waals surface area (Å²) in [5, 5.41) is 22.8. The summed E-state index contributed by atoms with van der Waals surface area (Å²) in [5.41, 5.74) is 5.70. The summed E-state index contributed by atoms with van der Waals surface area (Å²) in [6.07, 6.45) is 0. The number of nitrogens with two attached hydrogens (primary N) is 1. The molecule has 6 nitrogen and oxygen atoms in total. The van der Waals surface area contributed by atoms with Gasteiger partial charge in [0.1, 0.15) is 5.75 Å². The van der Waals surface area contributed by atoms with E-state index in [1.807, 2.05) is 0 Å². The van der Waals surface area contributed by atoms with E-state index in [1.165, 1.54) is 24.3 Å². The normalized spacial score (nSPS) is 13.2. The van der Waals surface area contributed by atoms with Gasteiger partial charge in [-0.3, -0.25) is 4.79 Å². The van der Waals surface area contributed by atoms with Gasteiger partial charge in [-0.25, -0.2) is 0 Å². The Labute approximate surface area is 92.4 Å². The van der Waals surface area contributed by atoms with Crippen molar-refractivity contribution in [2.75, 3.05) is 0 Å². The number of hydrogen-bond donors (Lipinski definition) is 4. The number of benzene rings is 1. The molecule has 0 spiro atoms. The second-order valence-corrected chi connectivity index (χ2v) is 3.27. The van der Waals surface area contributed by atoms with E-state index in [0.717, 1.165) is 0 Å². The zero-order valence-corrected chi connectivity index (χ0v) is 8.71. The standard InChI is InChI=1S/C10H13N3O3/c1-6(9(11)13-16)12-10(15)7-2-4-8(14)5-3-7/h2-6,14,16H,1H3,(H2,11,13)(H,12,15). The number of nitrogens with zero attached hydrogens (tertiary/aromatic N) is 1. The molecule has 5 N–H and O–H groups in total. The van der Waals surface area contributed by atoms with Crippen LogP contribution < -0.4 is 11.1 Å². The molecule has 0 heterocycles. The van der Waals surface area contributed by atoms with Crippen LogP contribution in [0.15, 0.2) is 29.4 Å². The van der Waals surface area contributed by atoms with Gasteiger partial charge in [-0.15, -0.1) is 0 Å². The number of oxime groups is 1. The van der Waals surface area contributed by atoms with E-state index in [-0.39, 0.29) is 17.5 Å². The van der Waals surface area contributed by atoms with Crippen LogP contribution in [0.1, 0.15) is 17.3 Å². The van der Waals surface area contributed by atoms with Crippen molar-refractivity contribution < 1.29 is 15.1 Å². The minimum Gasteiger partial charge on any atom is -0.508 e. The molecule has 0 saturated heterocycles. The molecule has 6 heteroatoms. The molecule has 0 saturated carbocycles. The second-order valence-electron chi connectivity index (χ2n) is 3.27. The molecule has 1 aromatic rings. The highest BCUT2D eigenvalue weighted by Crippen LogP contribution is 2.09. The first-order valence-corrected chi connectivity index (χ1v) is 4.62. The van der Waals surface area contributed by atoms with Crippen molar-refractivity contribution in [2.45, 2.75) is 13.0 Å². The fourth-order valence-corrected chi connectivity index (χ4v) is 1.05. The van der Waals surface area contributed by atoms with Gasteiger partial charge < -0.3 is 21.4 Å². The number of nitrogens with one attached hydrogen (secondary N) is 1. The average molecular weight is 223 g/mol. The zero-order valence-electron chi connectivity index (χ0n) is 8.71. The molecular weight excluding hydrogens is 210 g/mol. The average Bonchev–Trinajstić information content (AvgIpc) is 2.28. The number of amidine groups is 1. The Hall–Kier alpha value is -2.24. The summed E-state index contributed by atoms with van der Waals surface area (Å²) in [5.74, 6) is -0.354. The Bertz CT molecular complexity index is 400. The number of aromatic hydroxyl groups is 1. The van der Waals surface area contributed by atoms with E-state index >= 15 is 0 Å². The van der Waals surface area contributed by atoms with Crippen molar-refractivity contribution in [3.63, 3.8) is 0 Å². The molecule has 0 radical (unpaired) electrons. The molecule has 0 aromatic heterocycles. The van der Waals surface area contributed by atoms with Gasteiger partial charge in [0.25, 0.3) is 5.91 Å². The fourth-order valence-electron chi connectivity index (χ4n) is 1.05. The second kappa shape index (κ2) is 5.01. The van der Waals surface area contributed by atoms with Crippen molar-refractivity contribution in [3.05, 3.63) is 29.8 Å². The van der Waals surface area contributed by atoms with Crippen molar-refractivity contribution in [1.82, 2.24) is 5.32 Å². The molecule has 86 valence electrons. The summed E-state index contributed by atoms with van der Waals surface area (Å²) in [6, 6.07) is 5.20. The zero-order chi connectivity index (χ0) is 12.1. The summed E-state index contributed by atoms with van der Waals surface area (Å²) in [7, 11) is 0. The number of carbonyl (C=O) groups is 1. The van der Waals surface area contributed by atoms with Crippen molar-refractivity contribution in [3.8, 4) is 5.75 Å². The van der Waals surface area contributed by atoms with E-state index in [1.54, 1.807) is 6.92 Å². The van der Waals surface area contributed by atoms with Gasteiger partial charge in [-0.1, -0.05) is 5.16 Å². The Kier molecular flexibility index (Phi) is 3.71. The number of carbonyl (C=O) groups excluding carboxylic acids is 1. The topological polar surface area (TPSA) is 108 Å². The number of hydrogen-bond acceptors (Lipinski definition) is 4. The molecule has 0 fully saturated rings. The molecule has 16 heavy (non-hydrogen) atoms. The van der Waals surface area contributed by atoms with Crippen molar-refractivity contribution >= 4 is 11.7 Å². The maximum Gasteiger partial charge on any atom is 0.251 e. The van der Waals surface area contributed by atoms with Crippen LogP contribution in [0, 0.1) is 0 Å². The number of amides is 1. The predicted octanol–water partition coefficient (Wildman–Crippen LogP) is 0.257. The minimum absolute atomic E-state index is 0.0767. The minimum atomic E-state index is -0.564. The van der Waals surface area contributed by atoms with Gasteiger partial charge in [0.15, 0.2) is 5.84 Å². The Morgan fingerprint density at radius 3 is 2.50 bits per heavy atom. The van der Waals surface area contributed by atoms with Crippen LogP contribution in [0.4, 0.5) is 0 Å². The van der Waals surface area contributed by atoms with Gasteiger partial charge in [0.2, 0.25) is 0 Å². The van der Waals surface area contributed by atoms with E-state index < -0.39 is 6.04 Å². The van der Waals surface area contributed by atoms with Crippen LogP contribution in [-0.2, 0) is 0 Å². The van der Waals surface area contributed by atoms with Gasteiger partial charge in [-0.05, 0) is 31.2 Å². The van der Waals surface area contributed by atoms with E-state index in [2.05, 4.69) is 10.5 Å². The summed E-state index contributed by atoms with van der Waals surface area (Å²) < 4.78 is 0. The lowest BCUT2D eigenvalue weighted by Gasteiger charge is -2.11. The lowest BCUT2D eigenvalue weighted by Crippen LogP contribution is -2.42. The quantitative estimate of drug-likeness (QED) is 0.255. The lowest BCUT2D eigenvalue weighted by molar-refractivity contribution is 0.0948. The number of phenols is 1. The third-order valence-electron chi connectivity index (χ3n) is 2.04. The molecule has 0 aliphatic carbocycles. The summed E-state index contributed by atoms with van der Waals surface area (Å²) in [6.45, 7) is 1.59. The molecule has 0 aliphatic rings. The maximum absolute atomic E-state index is 11.6. The molecule has 0 bridgehead atoms. The van der Waals surface area contributed by atoms with E-state index in [0.29, 0.717) is 5.56 Å². The van der Waals surface area contributed by atoms with Gasteiger partial charge in [-0.2, -0.15) is 0 Å². The highest BCUT2D eigenvalue weighted by molar-refractivity contribution is 5.98. The molecule has 1 atom stereocenters. The van der Waals surface area contributed by atoms with Gasteiger partial charge >= 0.3 is 0 Å². The number of rotatable bonds is 3. The Morgan fingerprint density at radius 1 is 1.44 bits per heavy atom. The van der Waals surface area contributed by atoms with Gasteiger partial charge in [0, 0.05) is 5.56 Å². The highest BCUT2D eigenvalue weighted by atomic mass is 16.4. The maximum atomic E-state index is 11.6. The van der Waals surface area contributed by atoms with Crippen LogP contribution in [0.5, 0.6) is 5.75 Å². The smallest absolute Gasteiger partial charge is 0.251 e. The molecule has 1 aromatic carbocycles. The molecule has 1 rings (SSSR count). The molecule has 0 aliphatic heterocycles. The van der Waals surface area contributed by atoms with Crippen LogP contribution in [0.3, 0.4) is 0 Å². The van der Waals surface area contributed by atoms with Crippen LogP contribution >= 0.6 is 0 Å². The number of phenolic OH excluding ortho intramolecular Hbond substituents is 1. The van der Waals surface area contributed by atoms with Crippen molar-refractivity contribution in [1.29, 1.82) is 0 Å². The third kappa shape index (κ3) is 2.88. The van der Waals surface area contributed by atoms with Crippen molar-refractivity contribution in [2.24, 2.45) is 10.9 Å². The highest BCUT2D eigenvalue weighted by Gasteiger charge is 2.12. The monoisotopic (exact) mass is 223 g/mol. The Morgan fingerprint density at radius 2 is 2.00 bits per heavy atom. The molecular formula is C10H13N3O3. The Balaban J connectivity index is 2.69. The van der Waals surface area contributed by atoms with Crippen LogP contribution in [0.2, 0.25) is 0 Å².